The van der Waals surface area contributed by atoms with Crippen molar-refractivity contribution in [1.82, 2.24) is 4.72 Å². The zero-order valence-electron chi connectivity index (χ0n) is 13.1. The van der Waals surface area contributed by atoms with Crippen LogP contribution in [0, 0.1) is 6.92 Å². The zero-order chi connectivity index (χ0) is 16.4. The van der Waals surface area contributed by atoms with Gasteiger partial charge >= 0.3 is 0 Å². The molecule has 0 saturated carbocycles. The van der Waals surface area contributed by atoms with Crippen LogP contribution in [0.4, 0.5) is 0 Å². The second-order valence-corrected chi connectivity index (χ2v) is 7.27. The number of sulfonamides is 1. The van der Waals surface area contributed by atoms with Gasteiger partial charge in [0, 0.05) is 6.04 Å². The summed E-state index contributed by atoms with van der Waals surface area (Å²) < 4.78 is 38.6. The number of nitrogens with one attached hydrogen (secondary N) is 1. The van der Waals surface area contributed by atoms with Crippen LogP contribution in [0.2, 0.25) is 0 Å². The highest BCUT2D eigenvalue weighted by atomic mass is 32.2. The summed E-state index contributed by atoms with van der Waals surface area (Å²) in [6.45, 7) is 4.75. The molecule has 0 radical (unpaired) electrons. The first-order valence-corrected chi connectivity index (χ1v) is 8.92. The van der Waals surface area contributed by atoms with Gasteiger partial charge in [-0.1, -0.05) is 23.8 Å². The van der Waals surface area contributed by atoms with E-state index in [4.69, 9.17) is 9.47 Å². The minimum Gasteiger partial charge on any atom is -0.486 e. The molecule has 0 amide bonds. The van der Waals surface area contributed by atoms with Crippen molar-refractivity contribution in [1.29, 1.82) is 0 Å². The van der Waals surface area contributed by atoms with Crippen LogP contribution < -0.4 is 14.2 Å². The Kier molecular flexibility index (Phi) is 4.28. The summed E-state index contributed by atoms with van der Waals surface area (Å²) >= 11 is 0. The number of fused-ring (bicyclic) bond motifs is 1. The minimum absolute atomic E-state index is 0.257. The standard InChI is InChI=1S/C17H19NO4S/c1-12-3-6-15(7-4-12)23(19,20)18-13(2)14-5-8-16-17(11-14)22-10-9-21-16/h3-8,11,13,18H,9-10H2,1-2H3. The van der Waals surface area contributed by atoms with Gasteiger partial charge in [-0.25, -0.2) is 13.1 Å². The molecule has 0 aliphatic carbocycles. The monoisotopic (exact) mass is 333 g/mol. The molecular weight excluding hydrogens is 314 g/mol. The number of hydrogen-bond donors (Lipinski definition) is 1. The fourth-order valence-corrected chi connectivity index (χ4v) is 3.65. The second-order valence-electron chi connectivity index (χ2n) is 5.56. The summed E-state index contributed by atoms with van der Waals surface area (Å²) in [5, 5.41) is 0. The lowest BCUT2D eigenvalue weighted by Crippen LogP contribution is -2.27. The van der Waals surface area contributed by atoms with E-state index in [0.29, 0.717) is 24.7 Å². The highest BCUT2D eigenvalue weighted by molar-refractivity contribution is 7.89. The van der Waals surface area contributed by atoms with Crippen molar-refractivity contribution >= 4 is 10.0 Å². The molecule has 1 N–H and O–H groups in total. The van der Waals surface area contributed by atoms with E-state index in [0.717, 1.165) is 11.1 Å². The zero-order valence-corrected chi connectivity index (χ0v) is 13.9. The summed E-state index contributed by atoms with van der Waals surface area (Å²) in [5.74, 6) is 1.34. The topological polar surface area (TPSA) is 64.6 Å². The van der Waals surface area contributed by atoms with E-state index in [-0.39, 0.29) is 10.9 Å². The third kappa shape index (κ3) is 3.48. The van der Waals surface area contributed by atoms with Crippen molar-refractivity contribution in [2.24, 2.45) is 0 Å². The maximum Gasteiger partial charge on any atom is 0.241 e. The predicted molar refractivity (Wildman–Crippen MR) is 87.3 cm³/mol. The van der Waals surface area contributed by atoms with Crippen LogP contribution in [0.5, 0.6) is 11.5 Å². The molecule has 1 heterocycles. The average molecular weight is 333 g/mol. The van der Waals surface area contributed by atoms with Gasteiger partial charge in [0.2, 0.25) is 10.0 Å². The Hall–Kier alpha value is -2.05. The van der Waals surface area contributed by atoms with E-state index in [1.54, 1.807) is 37.3 Å². The molecule has 1 atom stereocenters. The molecule has 1 unspecified atom stereocenters. The van der Waals surface area contributed by atoms with E-state index < -0.39 is 10.0 Å². The molecule has 0 bridgehead atoms. The van der Waals surface area contributed by atoms with E-state index in [2.05, 4.69) is 4.72 Å². The van der Waals surface area contributed by atoms with Crippen molar-refractivity contribution < 1.29 is 17.9 Å². The van der Waals surface area contributed by atoms with E-state index in [1.165, 1.54) is 0 Å². The lowest BCUT2D eigenvalue weighted by atomic mass is 10.1. The molecule has 2 aromatic carbocycles. The number of ether oxygens (including phenoxy) is 2. The Morgan fingerprint density at radius 1 is 1.00 bits per heavy atom. The molecule has 0 aromatic heterocycles. The summed E-state index contributed by atoms with van der Waals surface area (Å²) in [5.41, 5.74) is 1.84. The Bertz CT molecular complexity index is 800. The lowest BCUT2D eigenvalue weighted by Gasteiger charge is -2.21. The van der Waals surface area contributed by atoms with Crippen molar-refractivity contribution in [3.8, 4) is 11.5 Å². The lowest BCUT2D eigenvalue weighted by molar-refractivity contribution is 0.171. The first kappa shape index (κ1) is 15.8. The first-order chi connectivity index (χ1) is 11.0. The fourth-order valence-electron chi connectivity index (χ4n) is 2.42. The molecule has 6 heteroatoms. The van der Waals surface area contributed by atoms with Crippen LogP contribution >= 0.6 is 0 Å². The molecule has 1 aliphatic heterocycles. The summed E-state index contributed by atoms with van der Waals surface area (Å²) in [7, 11) is -3.57. The highest BCUT2D eigenvalue weighted by Gasteiger charge is 2.20. The Morgan fingerprint density at radius 2 is 1.65 bits per heavy atom. The van der Waals surface area contributed by atoms with Crippen LogP contribution in [0.1, 0.15) is 24.1 Å². The molecule has 3 rings (SSSR count). The number of benzene rings is 2. The average Bonchev–Trinajstić information content (AvgIpc) is 2.54. The van der Waals surface area contributed by atoms with E-state index >= 15 is 0 Å². The van der Waals surface area contributed by atoms with Crippen LogP contribution in [0.3, 0.4) is 0 Å². The molecule has 23 heavy (non-hydrogen) atoms. The molecular formula is C17H19NO4S. The third-order valence-corrected chi connectivity index (χ3v) is 5.29. The second kappa shape index (κ2) is 6.22. The normalized spacial score (nSPS) is 15.2. The van der Waals surface area contributed by atoms with Crippen molar-refractivity contribution in [3.05, 3.63) is 53.6 Å². The molecule has 0 fully saturated rings. The number of hydrogen-bond acceptors (Lipinski definition) is 4. The third-order valence-electron chi connectivity index (χ3n) is 3.73. The maximum atomic E-state index is 12.4. The molecule has 122 valence electrons. The Labute approximate surface area is 136 Å². The van der Waals surface area contributed by atoms with Crippen LogP contribution in [0.25, 0.3) is 0 Å². The smallest absolute Gasteiger partial charge is 0.241 e. The number of rotatable bonds is 4. The van der Waals surface area contributed by atoms with Crippen LogP contribution in [-0.2, 0) is 10.0 Å². The molecule has 5 nitrogen and oxygen atoms in total. The quantitative estimate of drug-likeness (QED) is 0.934. The van der Waals surface area contributed by atoms with Gasteiger partial charge in [0.25, 0.3) is 0 Å². The van der Waals surface area contributed by atoms with Crippen molar-refractivity contribution in [2.45, 2.75) is 24.8 Å². The minimum atomic E-state index is -3.57. The molecule has 0 spiro atoms. The van der Waals surface area contributed by atoms with Gasteiger partial charge in [-0.15, -0.1) is 0 Å². The van der Waals surface area contributed by atoms with Gasteiger partial charge in [-0.2, -0.15) is 0 Å². The van der Waals surface area contributed by atoms with Gasteiger partial charge in [0.15, 0.2) is 11.5 Å². The van der Waals surface area contributed by atoms with Crippen LogP contribution in [0.15, 0.2) is 47.4 Å². The summed E-state index contributed by atoms with van der Waals surface area (Å²) in [6, 6.07) is 11.9. The summed E-state index contributed by atoms with van der Waals surface area (Å²) in [4.78, 5) is 0.257. The SMILES string of the molecule is Cc1ccc(S(=O)(=O)NC(C)c2ccc3c(c2)OCCO3)cc1. The van der Waals surface area contributed by atoms with Gasteiger partial charge in [0.1, 0.15) is 13.2 Å². The Balaban J connectivity index is 1.80. The van der Waals surface area contributed by atoms with Gasteiger partial charge in [-0.05, 0) is 43.7 Å². The largest absolute Gasteiger partial charge is 0.486 e. The molecule has 1 aliphatic rings. The predicted octanol–water partition coefficient (Wildman–Crippen LogP) is 2.81. The van der Waals surface area contributed by atoms with Crippen molar-refractivity contribution in [2.75, 3.05) is 13.2 Å². The van der Waals surface area contributed by atoms with E-state index in [9.17, 15) is 8.42 Å². The fraction of sp³-hybridized carbons (Fsp3) is 0.294. The molecule has 2 aromatic rings. The van der Waals surface area contributed by atoms with Gasteiger partial charge in [-0.3, -0.25) is 0 Å². The first-order valence-electron chi connectivity index (χ1n) is 7.44. The van der Waals surface area contributed by atoms with Gasteiger partial charge in [0.05, 0.1) is 4.90 Å². The number of aryl methyl sites for hydroxylation is 1. The van der Waals surface area contributed by atoms with Gasteiger partial charge < -0.3 is 9.47 Å². The molecule has 0 saturated heterocycles. The van der Waals surface area contributed by atoms with Crippen molar-refractivity contribution in [3.63, 3.8) is 0 Å². The maximum absolute atomic E-state index is 12.4. The summed E-state index contributed by atoms with van der Waals surface area (Å²) in [6.07, 6.45) is 0. The van der Waals surface area contributed by atoms with Crippen LogP contribution in [-0.4, -0.2) is 21.6 Å². The highest BCUT2D eigenvalue weighted by Crippen LogP contribution is 2.32. The Morgan fingerprint density at radius 3 is 2.35 bits per heavy atom. The van der Waals surface area contributed by atoms with E-state index in [1.807, 2.05) is 19.1 Å².